The third kappa shape index (κ3) is 4.39. The molecule has 1 rings (SSSR count). The Morgan fingerprint density at radius 1 is 1.50 bits per heavy atom. The predicted octanol–water partition coefficient (Wildman–Crippen LogP) is 1.70. The fraction of sp³-hybridized carbons (Fsp3) is 0.556. The van der Waals surface area contributed by atoms with Crippen molar-refractivity contribution < 1.29 is 5.11 Å². The van der Waals surface area contributed by atoms with E-state index in [0.717, 1.165) is 0 Å². The van der Waals surface area contributed by atoms with Gasteiger partial charge in [0.2, 0.25) is 0 Å². The van der Waals surface area contributed by atoms with E-state index in [4.69, 9.17) is 11.6 Å². The van der Waals surface area contributed by atoms with Gasteiger partial charge in [-0.3, -0.25) is 0 Å². The number of hydrogen-bond acceptors (Lipinski definition) is 4. The van der Waals surface area contributed by atoms with Gasteiger partial charge >= 0.3 is 0 Å². The second-order valence-electron chi connectivity index (χ2n) is 3.72. The van der Waals surface area contributed by atoms with Gasteiger partial charge in [0.05, 0.1) is 5.60 Å². The first-order valence-corrected chi connectivity index (χ1v) is 4.79. The zero-order chi connectivity index (χ0) is 10.6. The van der Waals surface area contributed by atoms with Gasteiger partial charge in [0.15, 0.2) is 0 Å². The van der Waals surface area contributed by atoms with Gasteiger partial charge < -0.3 is 10.4 Å². The van der Waals surface area contributed by atoms with Crippen molar-refractivity contribution in [1.29, 1.82) is 0 Å². The zero-order valence-electron chi connectivity index (χ0n) is 8.29. The van der Waals surface area contributed by atoms with Gasteiger partial charge in [-0.15, -0.1) is 0 Å². The van der Waals surface area contributed by atoms with Gasteiger partial charge in [-0.2, -0.15) is 0 Å². The molecule has 0 radical (unpaired) electrons. The van der Waals surface area contributed by atoms with Crippen LogP contribution in [-0.4, -0.2) is 27.2 Å². The van der Waals surface area contributed by atoms with E-state index >= 15 is 0 Å². The molecular weight excluding hydrogens is 202 g/mol. The van der Waals surface area contributed by atoms with Gasteiger partial charge in [-0.1, -0.05) is 11.6 Å². The number of nitrogens with zero attached hydrogens (tertiary/aromatic N) is 2. The Morgan fingerprint density at radius 2 is 2.21 bits per heavy atom. The maximum absolute atomic E-state index is 9.45. The molecule has 1 heterocycles. The highest BCUT2D eigenvalue weighted by Crippen LogP contribution is 2.10. The van der Waals surface area contributed by atoms with Crippen LogP contribution in [0.4, 0.5) is 5.82 Å². The lowest BCUT2D eigenvalue weighted by atomic mass is 10.1. The first-order chi connectivity index (χ1) is 6.47. The summed E-state index contributed by atoms with van der Waals surface area (Å²) < 4.78 is 0. The van der Waals surface area contributed by atoms with Gasteiger partial charge in [-0.05, 0) is 20.3 Å². The summed E-state index contributed by atoms with van der Waals surface area (Å²) >= 11 is 5.67. The summed E-state index contributed by atoms with van der Waals surface area (Å²) in [5.74, 6) is 0.675. The third-order valence-electron chi connectivity index (χ3n) is 1.68. The van der Waals surface area contributed by atoms with Crippen molar-refractivity contribution in [3.05, 3.63) is 17.5 Å². The summed E-state index contributed by atoms with van der Waals surface area (Å²) in [5.41, 5.74) is -0.663. The lowest BCUT2D eigenvalue weighted by Crippen LogP contribution is -2.22. The normalized spacial score (nSPS) is 11.4. The Kier molecular flexibility index (Phi) is 3.66. The molecule has 0 spiro atoms. The minimum atomic E-state index is -0.663. The average molecular weight is 216 g/mol. The molecule has 1 aromatic heterocycles. The maximum atomic E-state index is 9.45. The van der Waals surface area contributed by atoms with Crippen LogP contribution >= 0.6 is 11.6 Å². The van der Waals surface area contributed by atoms with Crippen LogP contribution in [0.5, 0.6) is 0 Å². The van der Waals surface area contributed by atoms with Gasteiger partial charge in [0.25, 0.3) is 0 Å². The van der Waals surface area contributed by atoms with Crippen molar-refractivity contribution in [1.82, 2.24) is 9.97 Å². The van der Waals surface area contributed by atoms with E-state index in [-0.39, 0.29) is 0 Å². The number of halogens is 1. The summed E-state index contributed by atoms with van der Waals surface area (Å²) in [4.78, 5) is 7.73. The number of aliphatic hydroxyl groups is 1. The van der Waals surface area contributed by atoms with Gasteiger partial charge in [0.1, 0.15) is 17.3 Å². The highest BCUT2D eigenvalue weighted by Gasteiger charge is 2.11. The first-order valence-electron chi connectivity index (χ1n) is 4.41. The summed E-state index contributed by atoms with van der Waals surface area (Å²) in [7, 11) is 0. The third-order valence-corrected chi connectivity index (χ3v) is 1.88. The number of anilines is 1. The number of rotatable bonds is 4. The molecule has 0 aliphatic rings. The molecule has 0 aliphatic heterocycles. The average Bonchev–Trinajstić information content (AvgIpc) is 2.01. The molecule has 14 heavy (non-hydrogen) atoms. The minimum absolute atomic E-state index is 0.408. The zero-order valence-corrected chi connectivity index (χ0v) is 9.04. The smallest absolute Gasteiger partial charge is 0.134 e. The van der Waals surface area contributed by atoms with Crippen molar-refractivity contribution in [3.8, 4) is 0 Å². The molecule has 0 atom stereocenters. The molecule has 0 saturated heterocycles. The summed E-state index contributed by atoms with van der Waals surface area (Å²) in [6.45, 7) is 4.18. The molecule has 4 nitrogen and oxygen atoms in total. The summed E-state index contributed by atoms with van der Waals surface area (Å²) in [5, 5.41) is 12.9. The van der Waals surface area contributed by atoms with Crippen LogP contribution in [0.25, 0.3) is 0 Å². The molecule has 0 amide bonds. The van der Waals surface area contributed by atoms with Crippen LogP contribution in [0.1, 0.15) is 20.3 Å². The van der Waals surface area contributed by atoms with E-state index in [0.29, 0.717) is 23.9 Å². The molecule has 2 N–H and O–H groups in total. The van der Waals surface area contributed by atoms with E-state index < -0.39 is 5.60 Å². The molecule has 5 heteroatoms. The van der Waals surface area contributed by atoms with E-state index in [1.807, 2.05) is 0 Å². The number of nitrogens with one attached hydrogen (secondary N) is 1. The monoisotopic (exact) mass is 215 g/mol. The van der Waals surface area contributed by atoms with Crippen molar-refractivity contribution >= 4 is 17.4 Å². The van der Waals surface area contributed by atoms with E-state index in [9.17, 15) is 5.11 Å². The first kappa shape index (κ1) is 11.2. The topological polar surface area (TPSA) is 58.0 Å². The molecule has 0 aromatic carbocycles. The van der Waals surface area contributed by atoms with Crippen LogP contribution in [0.3, 0.4) is 0 Å². The summed E-state index contributed by atoms with van der Waals surface area (Å²) in [6.07, 6.45) is 2.05. The fourth-order valence-electron chi connectivity index (χ4n) is 0.927. The number of hydrogen-bond donors (Lipinski definition) is 2. The Hall–Kier alpha value is -0.870. The SMILES string of the molecule is CC(C)(O)CCNc1cc(Cl)ncn1. The highest BCUT2D eigenvalue weighted by atomic mass is 35.5. The molecular formula is C9H14ClN3O. The lowest BCUT2D eigenvalue weighted by Gasteiger charge is -2.17. The second-order valence-corrected chi connectivity index (χ2v) is 4.10. The van der Waals surface area contributed by atoms with Crippen molar-refractivity contribution in [3.63, 3.8) is 0 Å². The molecule has 78 valence electrons. The van der Waals surface area contributed by atoms with E-state index in [1.165, 1.54) is 6.33 Å². The molecule has 0 saturated carbocycles. The Labute approximate surface area is 88.3 Å². The van der Waals surface area contributed by atoms with Crippen molar-refractivity contribution in [2.24, 2.45) is 0 Å². The molecule has 0 bridgehead atoms. The molecule has 0 aliphatic carbocycles. The van der Waals surface area contributed by atoms with Crippen LogP contribution in [-0.2, 0) is 0 Å². The molecule has 0 fully saturated rings. The Balaban J connectivity index is 2.39. The van der Waals surface area contributed by atoms with E-state index in [1.54, 1.807) is 19.9 Å². The second kappa shape index (κ2) is 4.57. The quantitative estimate of drug-likeness (QED) is 0.751. The van der Waals surface area contributed by atoms with Gasteiger partial charge in [-0.25, -0.2) is 9.97 Å². The maximum Gasteiger partial charge on any atom is 0.134 e. The summed E-state index contributed by atoms with van der Waals surface area (Å²) in [6, 6.07) is 1.64. The minimum Gasteiger partial charge on any atom is -0.390 e. The fourth-order valence-corrected chi connectivity index (χ4v) is 1.07. The Bertz CT molecular complexity index is 298. The van der Waals surface area contributed by atoms with Crippen molar-refractivity contribution in [2.45, 2.75) is 25.9 Å². The van der Waals surface area contributed by atoms with E-state index in [2.05, 4.69) is 15.3 Å². The molecule has 1 aromatic rings. The Morgan fingerprint density at radius 3 is 2.79 bits per heavy atom. The molecule has 0 unspecified atom stereocenters. The van der Waals surface area contributed by atoms with Crippen LogP contribution in [0, 0.1) is 0 Å². The van der Waals surface area contributed by atoms with Crippen LogP contribution < -0.4 is 5.32 Å². The van der Waals surface area contributed by atoms with Crippen LogP contribution in [0.15, 0.2) is 12.4 Å². The predicted molar refractivity (Wildman–Crippen MR) is 56.4 cm³/mol. The lowest BCUT2D eigenvalue weighted by molar-refractivity contribution is 0.0748. The standard InChI is InChI=1S/C9H14ClN3O/c1-9(2,14)3-4-11-8-5-7(10)12-6-13-8/h5-6,14H,3-4H2,1-2H3,(H,11,12,13). The number of aromatic nitrogens is 2. The van der Waals surface area contributed by atoms with Gasteiger partial charge in [0, 0.05) is 12.6 Å². The van der Waals surface area contributed by atoms with Crippen molar-refractivity contribution in [2.75, 3.05) is 11.9 Å². The largest absolute Gasteiger partial charge is 0.390 e. The van der Waals surface area contributed by atoms with Crippen LogP contribution in [0.2, 0.25) is 5.15 Å². The highest BCUT2D eigenvalue weighted by molar-refractivity contribution is 6.29.